The number of rotatable bonds is 2. The van der Waals surface area contributed by atoms with Gasteiger partial charge in [0.2, 0.25) is 5.91 Å². The first-order valence-electron chi connectivity index (χ1n) is 6.36. The molecule has 0 aromatic rings. The molecule has 2 aliphatic rings. The number of carboxylic acids is 1. The van der Waals surface area contributed by atoms with Crippen molar-refractivity contribution in [3.05, 3.63) is 12.2 Å². The maximum Gasteiger partial charge on any atom is 0.307 e. The molecule has 0 aromatic heterocycles. The number of carbonyl (C=O) groups is 2. The summed E-state index contributed by atoms with van der Waals surface area (Å²) in [6.07, 6.45) is 8.23. The second kappa shape index (κ2) is 5.34. The molecule has 1 saturated carbocycles. The largest absolute Gasteiger partial charge is 0.481 e. The Morgan fingerprint density at radius 3 is 2.41 bits per heavy atom. The Morgan fingerprint density at radius 1 is 1.12 bits per heavy atom. The van der Waals surface area contributed by atoms with E-state index in [-0.39, 0.29) is 11.8 Å². The van der Waals surface area contributed by atoms with Gasteiger partial charge in [0, 0.05) is 13.1 Å². The molecule has 0 unspecified atom stereocenters. The van der Waals surface area contributed by atoms with Crippen molar-refractivity contribution in [1.29, 1.82) is 0 Å². The SMILES string of the molecule is O=C(O)[C@H]1CCCC[C@H]1C(=O)N1CC=CCC1. The van der Waals surface area contributed by atoms with Crippen LogP contribution < -0.4 is 0 Å². The second-order valence-corrected chi connectivity index (χ2v) is 4.88. The Hall–Kier alpha value is -1.32. The number of carbonyl (C=O) groups excluding carboxylic acids is 1. The third-order valence-electron chi connectivity index (χ3n) is 3.77. The molecule has 1 fully saturated rings. The van der Waals surface area contributed by atoms with Crippen molar-refractivity contribution in [2.75, 3.05) is 13.1 Å². The number of aliphatic carboxylic acids is 1. The van der Waals surface area contributed by atoms with Gasteiger partial charge in [0.15, 0.2) is 0 Å². The predicted molar refractivity (Wildman–Crippen MR) is 63.4 cm³/mol. The first-order valence-corrected chi connectivity index (χ1v) is 6.36. The van der Waals surface area contributed by atoms with Gasteiger partial charge in [-0.1, -0.05) is 25.0 Å². The van der Waals surface area contributed by atoms with E-state index in [9.17, 15) is 14.7 Å². The fraction of sp³-hybridized carbons (Fsp3) is 0.692. The summed E-state index contributed by atoms with van der Waals surface area (Å²) >= 11 is 0. The maximum atomic E-state index is 12.3. The summed E-state index contributed by atoms with van der Waals surface area (Å²) in [4.78, 5) is 25.3. The first-order chi connectivity index (χ1) is 8.20. The summed E-state index contributed by atoms with van der Waals surface area (Å²) < 4.78 is 0. The number of hydrogen-bond donors (Lipinski definition) is 1. The van der Waals surface area contributed by atoms with E-state index in [4.69, 9.17) is 0 Å². The zero-order valence-electron chi connectivity index (χ0n) is 9.97. The molecule has 4 heteroatoms. The first kappa shape index (κ1) is 12.1. The molecule has 0 saturated heterocycles. The molecule has 2 atom stereocenters. The summed E-state index contributed by atoms with van der Waals surface area (Å²) in [6, 6.07) is 0. The van der Waals surface area contributed by atoms with E-state index in [2.05, 4.69) is 6.08 Å². The minimum atomic E-state index is -0.810. The van der Waals surface area contributed by atoms with Crippen molar-refractivity contribution in [3.63, 3.8) is 0 Å². The zero-order chi connectivity index (χ0) is 12.3. The molecule has 1 amide bonds. The Morgan fingerprint density at radius 2 is 1.82 bits per heavy atom. The molecule has 0 radical (unpaired) electrons. The van der Waals surface area contributed by atoms with Crippen LogP contribution in [-0.2, 0) is 9.59 Å². The van der Waals surface area contributed by atoms with Gasteiger partial charge in [-0.05, 0) is 19.3 Å². The summed E-state index contributed by atoms with van der Waals surface area (Å²) in [6.45, 7) is 1.37. The van der Waals surface area contributed by atoms with Gasteiger partial charge in [0.25, 0.3) is 0 Å². The number of hydrogen-bond acceptors (Lipinski definition) is 2. The van der Waals surface area contributed by atoms with Crippen molar-refractivity contribution >= 4 is 11.9 Å². The van der Waals surface area contributed by atoms with E-state index < -0.39 is 11.9 Å². The zero-order valence-corrected chi connectivity index (χ0v) is 9.97. The third kappa shape index (κ3) is 2.68. The second-order valence-electron chi connectivity index (χ2n) is 4.88. The van der Waals surface area contributed by atoms with Gasteiger partial charge in [0.05, 0.1) is 11.8 Å². The van der Waals surface area contributed by atoms with E-state index in [0.29, 0.717) is 13.0 Å². The Balaban J connectivity index is 2.05. The monoisotopic (exact) mass is 237 g/mol. The molecule has 0 spiro atoms. The average molecular weight is 237 g/mol. The lowest BCUT2D eigenvalue weighted by Gasteiger charge is -2.33. The minimum absolute atomic E-state index is 0.0430. The number of carboxylic acid groups (broad SMARTS) is 1. The molecule has 4 nitrogen and oxygen atoms in total. The molecule has 0 bridgehead atoms. The van der Waals surface area contributed by atoms with E-state index in [0.717, 1.165) is 32.2 Å². The van der Waals surface area contributed by atoms with Crippen LogP contribution in [0.15, 0.2) is 12.2 Å². The van der Waals surface area contributed by atoms with Crippen molar-refractivity contribution in [1.82, 2.24) is 4.90 Å². The van der Waals surface area contributed by atoms with Crippen molar-refractivity contribution < 1.29 is 14.7 Å². The van der Waals surface area contributed by atoms with Crippen LogP contribution in [0.1, 0.15) is 32.1 Å². The summed E-state index contributed by atoms with van der Waals surface area (Å²) in [5.41, 5.74) is 0. The lowest BCUT2D eigenvalue weighted by Crippen LogP contribution is -2.43. The average Bonchev–Trinajstić information content (AvgIpc) is 2.39. The molecule has 1 aliphatic heterocycles. The summed E-state index contributed by atoms with van der Waals surface area (Å²) in [5.74, 6) is -1.54. The van der Waals surface area contributed by atoms with E-state index in [1.54, 1.807) is 4.90 Å². The quantitative estimate of drug-likeness (QED) is 0.743. The highest BCUT2D eigenvalue weighted by Gasteiger charge is 2.37. The van der Waals surface area contributed by atoms with Crippen molar-refractivity contribution in [3.8, 4) is 0 Å². The van der Waals surface area contributed by atoms with Crippen LogP contribution in [0.4, 0.5) is 0 Å². The lowest BCUT2D eigenvalue weighted by molar-refractivity contribution is -0.152. The van der Waals surface area contributed by atoms with Gasteiger partial charge < -0.3 is 10.0 Å². The molecule has 17 heavy (non-hydrogen) atoms. The molecule has 1 aliphatic carbocycles. The molecular formula is C13H19NO3. The molecule has 2 rings (SSSR count). The van der Waals surface area contributed by atoms with Crippen LogP contribution in [0, 0.1) is 11.8 Å². The fourth-order valence-corrected chi connectivity index (χ4v) is 2.80. The van der Waals surface area contributed by atoms with Crippen LogP contribution in [0.5, 0.6) is 0 Å². The Labute approximate surface area is 101 Å². The van der Waals surface area contributed by atoms with Crippen molar-refractivity contribution in [2.45, 2.75) is 32.1 Å². The van der Waals surface area contributed by atoms with Crippen molar-refractivity contribution in [2.24, 2.45) is 11.8 Å². The van der Waals surface area contributed by atoms with Gasteiger partial charge in [0.1, 0.15) is 0 Å². The fourth-order valence-electron chi connectivity index (χ4n) is 2.80. The molecule has 0 aromatic carbocycles. The Kier molecular flexibility index (Phi) is 3.82. The molecule has 94 valence electrons. The standard InChI is InChI=1S/C13H19NO3/c15-12(14-8-4-1-5-9-14)10-6-2-3-7-11(10)13(16)17/h1,4,10-11H,2-3,5-9H2,(H,16,17)/t10-,11+/m1/s1. The highest BCUT2D eigenvalue weighted by atomic mass is 16.4. The smallest absolute Gasteiger partial charge is 0.307 e. The summed E-state index contributed by atoms with van der Waals surface area (Å²) in [5, 5.41) is 9.17. The predicted octanol–water partition coefficient (Wildman–Crippen LogP) is 1.67. The van der Waals surface area contributed by atoms with Gasteiger partial charge in [-0.15, -0.1) is 0 Å². The normalized spacial score (nSPS) is 29.1. The van der Waals surface area contributed by atoms with Gasteiger partial charge >= 0.3 is 5.97 Å². The van der Waals surface area contributed by atoms with Gasteiger partial charge in [-0.3, -0.25) is 9.59 Å². The van der Waals surface area contributed by atoms with Gasteiger partial charge in [-0.25, -0.2) is 0 Å². The summed E-state index contributed by atoms with van der Waals surface area (Å²) in [7, 11) is 0. The van der Waals surface area contributed by atoms with Crippen LogP contribution in [0.3, 0.4) is 0 Å². The molecule has 1 N–H and O–H groups in total. The molecule has 1 heterocycles. The minimum Gasteiger partial charge on any atom is -0.481 e. The topological polar surface area (TPSA) is 57.6 Å². The number of nitrogens with zero attached hydrogens (tertiary/aromatic N) is 1. The highest BCUT2D eigenvalue weighted by Crippen LogP contribution is 2.32. The van der Waals surface area contributed by atoms with E-state index in [1.807, 2.05) is 6.08 Å². The van der Waals surface area contributed by atoms with Crippen LogP contribution >= 0.6 is 0 Å². The van der Waals surface area contributed by atoms with E-state index >= 15 is 0 Å². The maximum absolute atomic E-state index is 12.3. The lowest BCUT2D eigenvalue weighted by atomic mass is 9.78. The van der Waals surface area contributed by atoms with Crippen LogP contribution in [-0.4, -0.2) is 35.0 Å². The number of amides is 1. The molecular weight excluding hydrogens is 218 g/mol. The Bertz CT molecular complexity index is 338. The van der Waals surface area contributed by atoms with Gasteiger partial charge in [-0.2, -0.15) is 0 Å². The van der Waals surface area contributed by atoms with Crippen LogP contribution in [0.25, 0.3) is 0 Å². The third-order valence-corrected chi connectivity index (χ3v) is 3.77. The van der Waals surface area contributed by atoms with E-state index in [1.165, 1.54) is 0 Å². The van der Waals surface area contributed by atoms with Crippen LogP contribution in [0.2, 0.25) is 0 Å². The highest BCUT2D eigenvalue weighted by molar-refractivity contribution is 5.85.